The fourth-order valence-electron chi connectivity index (χ4n) is 2.35. The van der Waals surface area contributed by atoms with Crippen molar-refractivity contribution < 1.29 is 41.1 Å². The number of thioether (sulfide) groups is 1. The SMILES string of the molecule is CC1=C(C(=O)O)N2C(=O)C(NC(=O)CS(=O)(=O)C(F)(F)CF)[C@@H]2SC1. The number of nitrogens with zero attached hydrogens (tertiary/aromatic N) is 1. The number of sulfone groups is 1. The minimum absolute atomic E-state index is 0.226. The van der Waals surface area contributed by atoms with Crippen LogP contribution in [-0.4, -0.2) is 71.1 Å². The lowest BCUT2D eigenvalue weighted by Gasteiger charge is -2.49. The molecule has 1 saturated heterocycles. The van der Waals surface area contributed by atoms with Crippen molar-refractivity contribution in [3.05, 3.63) is 11.3 Å². The van der Waals surface area contributed by atoms with Crippen LogP contribution in [0.5, 0.6) is 0 Å². The number of carboxylic acid groups (broad SMARTS) is 1. The van der Waals surface area contributed by atoms with E-state index in [0.29, 0.717) is 5.57 Å². The van der Waals surface area contributed by atoms with Gasteiger partial charge in [0.25, 0.3) is 5.91 Å². The summed E-state index contributed by atoms with van der Waals surface area (Å²) in [4.78, 5) is 35.9. The Morgan fingerprint density at radius 2 is 2.04 bits per heavy atom. The number of carbonyl (C=O) groups excluding carboxylic acids is 2. The van der Waals surface area contributed by atoms with Gasteiger partial charge in [0.2, 0.25) is 15.7 Å². The van der Waals surface area contributed by atoms with Crippen molar-refractivity contribution in [3.63, 3.8) is 0 Å². The van der Waals surface area contributed by atoms with Crippen molar-refractivity contribution >= 4 is 39.4 Å². The molecular formula is C12H13F3N2O6S2. The van der Waals surface area contributed by atoms with Crippen LogP contribution < -0.4 is 5.32 Å². The van der Waals surface area contributed by atoms with Crippen molar-refractivity contribution in [1.82, 2.24) is 10.2 Å². The molecule has 2 N–H and O–H groups in total. The quantitative estimate of drug-likeness (QED) is 0.586. The maximum Gasteiger partial charge on any atom is 0.373 e. The number of nitrogens with one attached hydrogen (secondary N) is 1. The molecule has 140 valence electrons. The maximum atomic E-state index is 13.0. The summed E-state index contributed by atoms with van der Waals surface area (Å²) >= 11 is 1.14. The molecule has 1 fully saturated rings. The monoisotopic (exact) mass is 402 g/mol. The summed E-state index contributed by atoms with van der Waals surface area (Å²) in [7, 11) is -5.37. The molecular weight excluding hydrogens is 389 g/mol. The number of β-lactam (4-membered cyclic amide) rings is 1. The smallest absolute Gasteiger partial charge is 0.373 e. The Balaban J connectivity index is 2.08. The summed E-state index contributed by atoms with van der Waals surface area (Å²) in [5.74, 6) is -4.94. The third kappa shape index (κ3) is 3.34. The van der Waals surface area contributed by atoms with Gasteiger partial charge in [-0.15, -0.1) is 11.8 Å². The molecule has 2 rings (SSSR count). The molecule has 0 radical (unpaired) electrons. The highest BCUT2D eigenvalue weighted by atomic mass is 32.2. The van der Waals surface area contributed by atoms with Gasteiger partial charge in [0, 0.05) is 5.75 Å². The van der Waals surface area contributed by atoms with Gasteiger partial charge in [0.1, 0.15) is 22.9 Å². The van der Waals surface area contributed by atoms with E-state index in [1.807, 2.05) is 5.32 Å². The van der Waals surface area contributed by atoms with Crippen LogP contribution >= 0.6 is 11.8 Å². The number of halogens is 3. The average molecular weight is 402 g/mol. The molecule has 2 aliphatic heterocycles. The second-order valence-electron chi connectivity index (χ2n) is 5.42. The van der Waals surface area contributed by atoms with Crippen LogP contribution in [0.2, 0.25) is 0 Å². The Morgan fingerprint density at radius 3 is 2.56 bits per heavy atom. The zero-order chi connectivity index (χ0) is 19.2. The van der Waals surface area contributed by atoms with E-state index in [-0.39, 0.29) is 11.4 Å². The van der Waals surface area contributed by atoms with E-state index in [1.165, 1.54) is 6.92 Å². The number of hydrogen-bond donors (Lipinski definition) is 2. The molecule has 2 amide bonds. The molecule has 0 aliphatic carbocycles. The highest BCUT2D eigenvalue weighted by molar-refractivity contribution is 8.00. The minimum Gasteiger partial charge on any atom is -0.477 e. The van der Waals surface area contributed by atoms with Crippen molar-refractivity contribution in [2.24, 2.45) is 0 Å². The zero-order valence-corrected chi connectivity index (χ0v) is 14.3. The van der Waals surface area contributed by atoms with E-state index in [0.717, 1.165) is 16.7 Å². The van der Waals surface area contributed by atoms with Gasteiger partial charge in [-0.3, -0.25) is 14.5 Å². The lowest BCUT2D eigenvalue weighted by molar-refractivity contribution is -0.150. The number of alkyl halides is 3. The third-order valence-electron chi connectivity index (χ3n) is 3.61. The Bertz CT molecular complexity index is 767. The van der Waals surface area contributed by atoms with E-state index >= 15 is 0 Å². The molecule has 0 aromatic carbocycles. The molecule has 2 heterocycles. The molecule has 2 atom stereocenters. The lowest BCUT2D eigenvalue weighted by Crippen LogP contribution is -2.70. The van der Waals surface area contributed by atoms with E-state index < -0.39 is 56.7 Å². The molecule has 8 nitrogen and oxygen atoms in total. The van der Waals surface area contributed by atoms with Crippen LogP contribution in [-0.2, 0) is 24.2 Å². The van der Waals surface area contributed by atoms with E-state index in [2.05, 4.69) is 0 Å². The summed E-state index contributed by atoms with van der Waals surface area (Å²) in [5.41, 5.74) is 0.216. The van der Waals surface area contributed by atoms with Gasteiger partial charge < -0.3 is 10.4 Å². The summed E-state index contributed by atoms with van der Waals surface area (Å²) in [6.07, 6.45) is 0. The minimum atomic E-state index is -5.37. The topological polar surface area (TPSA) is 121 Å². The van der Waals surface area contributed by atoms with Crippen LogP contribution in [0.3, 0.4) is 0 Å². The number of rotatable bonds is 6. The van der Waals surface area contributed by atoms with Crippen molar-refractivity contribution in [3.8, 4) is 0 Å². The number of carboxylic acids is 1. The van der Waals surface area contributed by atoms with Gasteiger partial charge in [-0.05, 0) is 12.5 Å². The first-order valence-corrected chi connectivity index (χ1v) is 9.46. The molecule has 0 saturated carbocycles. The van der Waals surface area contributed by atoms with Gasteiger partial charge in [-0.1, -0.05) is 0 Å². The van der Waals surface area contributed by atoms with Gasteiger partial charge in [-0.25, -0.2) is 17.6 Å². The molecule has 0 aromatic rings. The number of carbonyl (C=O) groups is 3. The second-order valence-corrected chi connectivity index (χ2v) is 8.64. The zero-order valence-electron chi connectivity index (χ0n) is 12.7. The predicted octanol–water partition coefficient (Wildman–Crippen LogP) is -0.278. The van der Waals surface area contributed by atoms with Gasteiger partial charge in [0.05, 0.1) is 0 Å². The lowest BCUT2D eigenvalue weighted by atomic mass is 10.0. The highest BCUT2D eigenvalue weighted by Gasteiger charge is 2.54. The Hall–Kier alpha value is -1.76. The third-order valence-corrected chi connectivity index (χ3v) is 6.70. The predicted molar refractivity (Wildman–Crippen MR) is 80.1 cm³/mol. The number of aliphatic carboxylic acids is 1. The van der Waals surface area contributed by atoms with Crippen LogP contribution in [0.4, 0.5) is 13.2 Å². The first-order chi connectivity index (χ1) is 11.4. The number of amides is 2. The van der Waals surface area contributed by atoms with E-state index in [9.17, 15) is 36.0 Å². The first kappa shape index (κ1) is 19.6. The number of hydrogen-bond acceptors (Lipinski definition) is 6. The molecule has 0 bridgehead atoms. The molecule has 1 unspecified atom stereocenters. The first-order valence-electron chi connectivity index (χ1n) is 6.76. The molecule has 25 heavy (non-hydrogen) atoms. The van der Waals surface area contributed by atoms with Crippen molar-refractivity contribution in [2.75, 3.05) is 18.2 Å². The second kappa shape index (κ2) is 6.52. The fraction of sp³-hybridized carbons (Fsp3) is 0.583. The maximum absolute atomic E-state index is 13.0. The van der Waals surface area contributed by atoms with Crippen molar-refractivity contribution in [1.29, 1.82) is 0 Å². The largest absolute Gasteiger partial charge is 0.477 e. The van der Waals surface area contributed by atoms with Crippen LogP contribution in [0.1, 0.15) is 6.92 Å². The molecule has 2 aliphatic rings. The molecule has 0 spiro atoms. The average Bonchev–Trinajstić information content (AvgIpc) is 2.51. The van der Waals surface area contributed by atoms with E-state index in [4.69, 9.17) is 5.11 Å². The summed E-state index contributed by atoms with van der Waals surface area (Å²) in [6, 6.07) is -1.24. The van der Waals surface area contributed by atoms with Crippen LogP contribution in [0, 0.1) is 0 Å². The summed E-state index contributed by atoms with van der Waals surface area (Å²) in [5, 5.41) is 5.65. The number of fused-ring (bicyclic) bond motifs is 1. The Labute approximate surface area is 144 Å². The Kier molecular flexibility index (Phi) is 5.10. The van der Waals surface area contributed by atoms with Crippen LogP contribution in [0.25, 0.3) is 0 Å². The van der Waals surface area contributed by atoms with Gasteiger partial charge in [0.15, 0.2) is 6.67 Å². The molecule has 0 aromatic heterocycles. The summed E-state index contributed by atoms with van der Waals surface area (Å²) in [6.45, 7) is -0.944. The standard InChI is InChI=1S/C12H13F3N2O6S2/c1-5-2-24-10-7(9(19)17(10)8(5)11(20)21)16-6(18)3-25(22,23)12(14,15)4-13/h7,10H,2-4H2,1H3,(H,16,18)(H,20,21)/t7?,10-/m0/s1. The van der Waals surface area contributed by atoms with Gasteiger partial charge >= 0.3 is 11.2 Å². The fourth-order valence-corrected chi connectivity index (χ4v) is 4.45. The Morgan fingerprint density at radius 1 is 1.44 bits per heavy atom. The normalized spacial score (nSPS) is 23.8. The highest BCUT2D eigenvalue weighted by Crippen LogP contribution is 2.40. The van der Waals surface area contributed by atoms with Crippen LogP contribution in [0.15, 0.2) is 11.3 Å². The van der Waals surface area contributed by atoms with E-state index in [1.54, 1.807) is 0 Å². The van der Waals surface area contributed by atoms with Gasteiger partial charge in [-0.2, -0.15) is 8.78 Å². The van der Waals surface area contributed by atoms with Crippen molar-refractivity contribution in [2.45, 2.75) is 23.6 Å². The summed E-state index contributed by atoms with van der Waals surface area (Å²) < 4.78 is 60.6. The molecule has 13 heteroatoms.